The van der Waals surface area contributed by atoms with Crippen LogP contribution in [0.25, 0.3) is 0 Å². The van der Waals surface area contributed by atoms with Crippen LogP contribution in [-0.4, -0.2) is 21.0 Å². The van der Waals surface area contributed by atoms with E-state index in [1.807, 2.05) is 0 Å². The number of hydrogen-bond acceptors (Lipinski definition) is 4. The zero-order chi connectivity index (χ0) is 12.3. The van der Waals surface area contributed by atoms with E-state index in [2.05, 4.69) is 9.97 Å². The van der Waals surface area contributed by atoms with Gasteiger partial charge in [0, 0.05) is 22.3 Å². The molecule has 0 saturated heterocycles. The molecule has 0 atom stereocenters. The quantitative estimate of drug-likeness (QED) is 0.925. The van der Waals surface area contributed by atoms with Gasteiger partial charge in [-0.3, -0.25) is 4.98 Å². The lowest BCUT2D eigenvalue weighted by atomic mass is 10.2. The number of aromatic nitrogens is 2. The number of carboxylic acids is 1. The van der Waals surface area contributed by atoms with Crippen LogP contribution >= 0.6 is 23.4 Å². The van der Waals surface area contributed by atoms with E-state index in [0.29, 0.717) is 14.9 Å². The largest absolute Gasteiger partial charge is 0.478 e. The predicted molar refractivity (Wildman–Crippen MR) is 64.6 cm³/mol. The molecule has 0 radical (unpaired) electrons. The Morgan fingerprint density at radius 3 is 2.82 bits per heavy atom. The first-order chi connectivity index (χ1) is 8.16. The van der Waals surface area contributed by atoms with Crippen LogP contribution in [-0.2, 0) is 0 Å². The summed E-state index contributed by atoms with van der Waals surface area (Å²) < 4.78 is 0. The molecule has 17 heavy (non-hydrogen) atoms. The Balaban J connectivity index is 2.37. The molecule has 4 nitrogen and oxygen atoms in total. The summed E-state index contributed by atoms with van der Waals surface area (Å²) in [4.78, 5) is 19.6. The number of benzene rings is 1. The van der Waals surface area contributed by atoms with Crippen LogP contribution in [0.1, 0.15) is 10.4 Å². The first-order valence-corrected chi connectivity index (χ1v) is 5.83. The summed E-state index contributed by atoms with van der Waals surface area (Å²) in [5.74, 6) is -0.993. The fourth-order valence-corrected chi connectivity index (χ4v) is 2.35. The van der Waals surface area contributed by atoms with Gasteiger partial charge >= 0.3 is 5.97 Å². The van der Waals surface area contributed by atoms with E-state index in [4.69, 9.17) is 16.7 Å². The third kappa shape index (κ3) is 2.95. The van der Waals surface area contributed by atoms with Crippen LogP contribution in [0.5, 0.6) is 0 Å². The molecule has 0 spiro atoms. The maximum absolute atomic E-state index is 11.0. The Bertz CT molecular complexity index is 548. The average molecular weight is 267 g/mol. The summed E-state index contributed by atoms with van der Waals surface area (Å²) in [5.41, 5.74) is 0.199. The SMILES string of the molecule is O=C(O)c1ccc(Cl)cc1Sc1cnccn1. The van der Waals surface area contributed by atoms with Gasteiger partial charge in [0.25, 0.3) is 0 Å². The van der Waals surface area contributed by atoms with Crippen molar-refractivity contribution in [2.24, 2.45) is 0 Å². The number of aromatic carboxylic acids is 1. The van der Waals surface area contributed by atoms with Crippen molar-refractivity contribution < 1.29 is 9.90 Å². The van der Waals surface area contributed by atoms with Crippen molar-refractivity contribution in [1.29, 1.82) is 0 Å². The summed E-state index contributed by atoms with van der Waals surface area (Å²) in [5, 5.41) is 10.2. The van der Waals surface area contributed by atoms with Crippen LogP contribution in [0.4, 0.5) is 0 Å². The minimum absolute atomic E-state index is 0.199. The van der Waals surface area contributed by atoms with E-state index in [1.54, 1.807) is 30.7 Å². The Labute approximate surface area is 107 Å². The Kier molecular flexibility index (Phi) is 3.61. The van der Waals surface area contributed by atoms with Gasteiger partial charge in [-0.2, -0.15) is 0 Å². The zero-order valence-electron chi connectivity index (χ0n) is 8.50. The van der Waals surface area contributed by atoms with Crippen LogP contribution in [0, 0.1) is 0 Å². The lowest BCUT2D eigenvalue weighted by molar-refractivity contribution is 0.0693. The van der Waals surface area contributed by atoms with Crippen LogP contribution < -0.4 is 0 Å². The molecule has 2 rings (SSSR count). The van der Waals surface area contributed by atoms with Crippen LogP contribution in [0.3, 0.4) is 0 Å². The number of rotatable bonds is 3. The minimum atomic E-state index is -0.993. The molecule has 1 aromatic carbocycles. The smallest absolute Gasteiger partial charge is 0.336 e. The summed E-state index contributed by atoms with van der Waals surface area (Å²) in [6.45, 7) is 0. The average Bonchev–Trinajstić information content (AvgIpc) is 2.30. The molecule has 0 bridgehead atoms. The van der Waals surface area contributed by atoms with Crippen molar-refractivity contribution in [2.45, 2.75) is 9.92 Å². The van der Waals surface area contributed by atoms with Crippen LogP contribution in [0.2, 0.25) is 5.02 Å². The van der Waals surface area contributed by atoms with E-state index in [-0.39, 0.29) is 5.56 Å². The Morgan fingerprint density at radius 2 is 2.18 bits per heavy atom. The number of carboxylic acid groups (broad SMARTS) is 1. The number of hydrogen-bond donors (Lipinski definition) is 1. The van der Waals surface area contributed by atoms with Crippen molar-refractivity contribution >= 4 is 29.3 Å². The van der Waals surface area contributed by atoms with Gasteiger partial charge in [0.1, 0.15) is 5.03 Å². The molecule has 1 heterocycles. The molecular formula is C11H7ClN2O2S. The van der Waals surface area contributed by atoms with Gasteiger partial charge in [-0.15, -0.1) is 0 Å². The highest BCUT2D eigenvalue weighted by molar-refractivity contribution is 7.99. The molecule has 2 aromatic rings. The third-order valence-electron chi connectivity index (χ3n) is 1.93. The summed E-state index contributed by atoms with van der Waals surface area (Å²) in [6.07, 6.45) is 4.67. The lowest BCUT2D eigenvalue weighted by Crippen LogP contribution is -1.98. The monoisotopic (exact) mass is 266 g/mol. The second-order valence-electron chi connectivity index (χ2n) is 3.09. The molecule has 86 valence electrons. The van der Waals surface area contributed by atoms with E-state index < -0.39 is 5.97 Å². The van der Waals surface area contributed by atoms with Gasteiger partial charge < -0.3 is 5.11 Å². The maximum Gasteiger partial charge on any atom is 0.336 e. The van der Waals surface area contributed by atoms with E-state index in [9.17, 15) is 4.79 Å². The number of nitrogens with zero attached hydrogens (tertiary/aromatic N) is 2. The molecule has 0 amide bonds. The van der Waals surface area contributed by atoms with Gasteiger partial charge in [-0.25, -0.2) is 9.78 Å². The summed E-state index contributed by atoms with van der Waals surface area (Å²) >= 11 is 7.06. The third-order valence-corrected chi connectivity index (χ3v) is 3.14. The second kappa shape index (κ2) is 5.16. The highest BCUT2D eigenvalue weighted by Gasteiger charge is 2.12. The molecule has 6 heteroatoms. The molecule has 0 fully saturated rings. The van der Waals surface area contributed by atoms with Gasteiger partial charge in [-0.1, -0.05) is 23.4 Å². The first-order valence-electron chi connectivity index (χ1n) is 4.63. The number of halogens is 1. The van der Waals surface area contributed by atoms with Crippen molar-refractivity contribution in [2.75, 3.05) is 0 Å². The van der Waals surface area contributed by atoms with E-state index >= 15 is 0 Å². The summed E-state index contributed by atoms with van der Waals surface area (Å²) in [7, 11) is 0. The van der Waals surface area contributed by atoms with Gasteiger partial charge in [0.05, 0.1) is 11.8 Å². The van der Waals surface area contributed by atoms with Crippen molar-refractivity contribution in [1.82, 2.24) is 9.97 Å². The maximum atomic E-state index is 11.0. The van der Waals surface area contributed by atoms with E-state index in [1.165, 1.54) is 17.8 Å². The van der Waals surface area contributed by atoms with Crippen molar-refractivity contribution in [3.05, 3.63) is 47.4 Å². The second-order valence-corrected chi connectivity index (χ2v) is 4.59. The molecule has 0 aliphatic carbocycles. The number of carbonyl (C=O) groups is 1. The molecule has 0 aliphatic heterocycles. The highest BCUT2D eigenvalue weighted by Crippen LogP contribution is 2.30. The van der Waals surface area contributed by atoms with Crippen molar-refractivity contribution in [3.63, 3.8) is 0 Å². The predicted octanol–water partition coefficient (Wildman–Crippen LogP) is 2.98. The van der Waals surface area contributed by atoms with Crippen LogP contribution in [0.15, 0.2) is 46.7 Å². The standard InChI is InChI=1S/C11H7ClN2O2S/c12-7-1-2-8(11(15)16)9(5-7)17-10-6-13-3-4-14-10/h1-6H,(H,15,16). The normalized spacial score (nSPS) is 10.2. The van der Waals surface area contributed by atoms with Gasteiger partial charge in [-0.05, 0) is 18.2 Å². The van der Waals surface area contributed by atoms with E-state index in [0.717, 1.165) is 0 Å². The Morgan fingerprint density at radius 1 is 1.35 bits per heavy atom. The zero-order valence-corrected chi connectivity index (χ0v) is 10.1. The van der Waals surface area contributed by atoms with Gasteiger partial charge in [0.2, 0.25) is 0 Å². The van der Waals surface area contributed by atoms with Gasteiger partial charge in [0.15, 0.2) is 0 Å². The Hall–Kier alpha value is -1.59. The minimum Gasteiger partial charge on any atom is -0.478 e. The fourth-order valence-electron chi connectivity index (χ4n) is 1.21. The molecule has 0 saturated carbocycles. The fraction of sp³-hybridized carbons (Fsp3) is 0. The molecular weight excluding hydrogens is 260 g/mol. The molecule has 1 aromatic heterocycles. The molecule has 0 aliphatic rings. The topological polar surface area (TPSA) is 63.1 Å². The first kappa shape index (κ1) is 11.9. The molecule has 0 unspecified atom stereocenters. The highest BCUT2D eigenvalue weighted by atomic mass is 35.5. The lowest BCUT2D eigenvalue weighted by Gasteiger charge is -2.05. The van der Waals surface area contributed by atoms with Crippen molar-refractivity contribution in [3.8, 4) is 0 Å². The molecule has 1 N–H and O–H groups in total. The summed E-state index contributed by atoms with van der Waals surface area (Å²) in [6, 6.07) is 4.62.